The summed E-state index contributed by atoms with van der Waals surface area (Å²) in [4.78, 5) is 4.71. The Balaban J connectivity index is 2.84. The molecular formula is C12H15NO. The van der Waals surface area contributed by atoms with Gasteiger partial charge in [0.15, 0.2) is 0 Å². The van der Waals surface area contributed by atoms with Crippen LogP contribution in [0.15, 0.2) is 41.1 Å². The minimum atomic E-state index is 0.899. The smallest absolute Gasteiger partial charge is 0.106 e. The Hall–Kier alpha value is -1.57. The molecule has 0 aliphatic carbocycles. The van der Waals surface area contributed by atoms with Gasteiger partial charge in [-0.25, -0.2) is 0 Å². The fraction of sp³-hybridized carbons (Fsp3) is 0.250. The largest absolute Gasteiger partial charge is 0.399 e. The Morgan fingerprint density at radius 2 is 1.86 bits per heavy atom. The Bertz CT molecular complexity index is 339. The molecule has 0 atom stereocenters. The van der Waals surface area contributed by atoms with E-state index in [1.165, 1.54) is 5.56 Å². The molecule has 0 heterocycles. The van der Waals surface area contributed by atoms with E-state index in [1.54, 1.807) is 7.11 Å². The number of hydrogen-bond acceptors (Lipinski definition) is 2. The first kappa shape index (κ1) is 10.5. The summed E-state index contributed by atoms with van der Waals surface area (Å²) in [6.07, 6.45) is 2.08. The van der Waals surface area contributed by atoms with Crippen LogP contribution < -0.4 is 0 Å². The maximum Gasteiger partial charge on any atom is 0.106 e. The Morgan fingerprint density at radius 1 is 1.21 bits per heavy atom. The van der Waals surface area contributed by atoms with E-state index in [0.29, 0.717) is 0 Å². The van der Waals surface area contributed by atoms with Gasteiger partial charge < -0.3 is 4.84 Å². The minimum Gasteiger partial charge on any atom is -0.399 e. The minimum absolute atomic E-state index is 0.899. The van der Waals surface area contributed by atoms with Gasteiger partial charge in [-0.05, 0) is 25.0 Å². The lowest BCUT2D eigenvalue weighted by Gasteiger charge is -1.99. The highest BCUT2D eigenvalue weighted by atomic mass is 16.6. The van der Waals surface area contributed by atoms with Gasteiger partial charge in [0.2, 0.25) is 0 Å². The lowest BCUT2D eigenvalue weighted by molar-refractivity contribution is 0.213. The lowest BCUT2D eigenvalue weighted by atomic mass is 10.1. The molecule has 0 fully saturated rings. The first-order valence-corrected chi connectivity index (χ1v) is 4.55. The molecule has 0 saturated carbocycles. The van der Waals surface area contributed by atoms with Crippen molar-refractivity contribution >= 4 is 11.8 Å². The number of oxime groups is 1. The van der Waals surface area contributed by atoms with Crippen molar-refractivity contribution in [3.63, 3.8) is 0 Å². The molecule has 0 unspecified atom stereocenters. The van der Waals surface area contributed by atoms with E-state index in [9.17, 15) is 0 Å². The molecule has 1 aromatic rings. The average molecular weight is 189 g/mol. The predicted octanol–water partition coefficient (Wildman–Crippen LogP) is 3.11. The van der Waals surface area contributed by atoms with Gasteiger partial charge >= 0.3 is 0 Å². The first-order chi connectivity index (χ1) is 6.74. The molecule has 0 amide bonds. The van der Waals surface area contributed by atoms with E-state index >= 15 is 0 Å². The molecule has 0 spiro atoms. The fourth-order valence-corrected chi connectivity index (χ4v) is 1.11. The second kappa shape index (κ2) is 5.22. The van der Waals surface area contributed by atoms with Crippen molar-refractivity contribution in [1.82, 2.24) is 0 Å². The van der Waals surface area contributed by atoms with Crippen molar-refractivity contribution in [3.05, 3.63) is 41.5 Å². The van der Waals surface area contributed by atoms with Crippen molar-refractivity contribution in [1.29, 1.82) is 0 Å². The molecule has 2 nitrogen and oxygen atoms in total. The van der Waals surface area contributed by atoms with Crippen LogP contribution in [0.1, 0.15) is 19.4 Å². The van der Waals surface area contributed by atoms with E-state index in [0.717, 1.165) is 11.3 Å². The van der Waals surface area contributed by atoms with Crippen LogP contribution in [-0.4, -0.2) is 12.8 Å². The molecule has 0 aliphatic rings. The van der Waals surface area contributed by atoms with Crippen LogP contribution in [0.2, 0.25) is 0 Å². The molecule has 0 saturated heterocycles. The maximum absolute atomic E-state index is 4.71. The van der Waals surface area contributed by atoms with Crippen molar-refractivity contribution in [3.8, 4) is 0 Å². The number of hydrogen-bond donors (Lipinski definition) is 0. The van der Waals surface area contributed by atoms with Crippen LogP contribution >= 0.6 is 0 Å². The molecule has 0 radical (unpaired) electrons. The second-order valence-electron chi connectivity index (χ2n) is 3.10. The summed E-state index contributed by atoms with van der Waals surface area (Å²) in [5, 5.41) is 3.87. The van der Waals surface area contributed by atoms with Crippen molar-refractivity contribution < 1.29 is 4.84 Å². The van der Waals surface area contributed by atoms with E-state index in [2.05, 4.69) is 23.4 Å². The number of allylic oxidation sites excluding steroid dienone is 1. The Kier molecular flexibility index (Phi) is 3.92. The van der Waals surface area contributed by atoms with Crippen molar-refractivity contribution in [2.45, 2.75) is 13.8 Å². The van der Waals surface area contributed by atoms with Gasteiger partial charge in [-0.1, -0.05) is 41.6 Å². The second-order valence-corrected chi connectivity index (χ2v) is 3.10. The summed E-state index contributed by atoms with van der Waals surface area (Å²) in [6, 6.07) is 10.2. The van der Waals surface area contributed by atoms with Crippen molar-refractivity contribution in [2.75, 3.05) is 7.11 Å². The van der Waals surface area contributed by atoms with E-state index in [-0.39, 0.29) is 0 Å². The molecular weight excluding hydrogens is 174 g/mol. The highest BCUT2D eigenvalue weighted by molar-refractivity contribution is 6.01. The summed E-state index contributed by atoms with van der Waals surface area (Å²) in [5.74, 6) is 0. The number of nitrogens with zero attached hydrogens (tertiary/aromatic N) is 1. The normalized spacial score (nSPS) is 12.8. The summed E-state index contributed by atoms with van der Waals surface area (Å²) in [6.45, 7) is 3.95. The third-order valence-electron chi connectivity index (χ3n) is 1.98. The van der Waals surface area contributed by atoms with Gasteiger partial charge in [0, 0.05) is 0 Å². The lowest BCUT2D eigenvalue weighted by Crippen LogP contribution is -1.93. The maximum atomic E-state index is 4.71. The van der Waals surface area contributed by atoms with Crippen LogP contribution in [0.5, 0.6) is 0 Å². The zero-order valence-corrected chi connectivity index (χ0v) is 8.82. The number of benzene rings is 1. The van der Waals surface area contributed by atoms with Gasteiger partial charge in [0.25, 0.3) is 0 Å². The third kappa shape index (κ3) is 3.05. The van der Waals surface area contributed by atoms with Gasteiger partial charge in [-0.15, -0.1) is 0 Å². The predicted molar refractivity (Wildman–Crippen MR) is 60.2 cm³/mol. The highest BCUT2D eigenvalue weighted by Crippen LogP contribution is 2.07. The SMILES string of the molecule is CO/N=C(C)/C(C)=C/c1ccccc1. The molecule has 2 heteroatoms. The van der Waals surface area contributed by atoms with Gasteiger partial charge in [0.1, 0.15) is 7.11 Å². The first-order valence-electron chi connectivity index (χ1n) is 4.55. The summed E-state index contributed by atoms with van der Waals surface area (Å²) in [7, 11) is 1.55. The molecule has 1 rings (SSSR count). The Morgan fingerprint density at radius 3 is 2.43 bits per heavy atom. The summed E-state index contributed by atoms with van der Waals surface area (Å²) >= 11 is 0. The fourth-order valence-electron chi connectivity index (χ4n) is 1.11. The Labute approximate surface area is 84.9 Å². The van der Waals surface area contributed by atoms with Crippen LogP contribution in [0.3, 0.4) is 0 Å². The standard InChI is InChI=1S/C12H15NO/c1-10(11(2)13-14-3)9-12-7-5-4-6-8-12/h4-9H,1-3H3/b10-9+,13-11+. The quantitative estimate of drug-likeness (QED) is 0.529. The summed E-state index contributed by atoms with van der Waals surface area (Å²) < 4.78 is 0. The molecule has 1 aromatic carbocycles. The van der Waals surface area contributed by atoms with E-state index in [4.69, 9.17) is 4.84 Å². The topological polar surface area (TPSA) is 21.6 Å². The highest BCUT2D eigenvalue weighted by Gasteiger charge is 1.95. The van der Waals surface area contributed by atoms with Crippen LogP contribution in [-0.2, 0) is 4.84 Å². The molecule has 0 N–H and O–H groups in total. The van der Waals surface area contributed by atoms with Gasteiger partial charge in [0.05, 0.1) is 5.71 Å². The molecule has 0 aliphatic heterocycles. The zero-order valence-electron chi connectivity index (χ0n) is 8.82. The van der Waals surface area contributed by atoms with E-state index < -0.39 is 0 Å². The summed E-state index contributed by atoms with van der Waals surface area (Å²) in [5.41, 5.74) is 3.19. The molecule has 0 aromatic heterocycles. The molecule has 74 valence electrons. The van der Waals surface area contributed by atoms with Gasteiger partial charge in [-0.2, -0.15) is 0 Å². The molecule has 0 bridgehead atoms. The van der Waals surface area contributed by atoms with Crippen LogP contribution in [0.25, 0.3) is 6.08 Å². The third-order valence-corrected chi connectivity index (χ3v) is 1.98. The average Bonchev–Trinajstić information content (AvgIpc) is 2.19. The van der Waals surface area contributed by atoms with Gasteiger partial charge in [-0.3, -0.25) is 0 Å². The van der Waals surface area contributed by atoms with Crippen LogP contribution in [0.4, 0.5) is 0 Å². The molecule has 14 heavy (non-hydrogen) atoms. The zero-order chi connectivity index (χ0) is 10.4. The van der Waals surface area contributed by atoms with Crippen LogP contribution in [0, 0.1) is 0 Å². The van der Waals surface area contributed by atoms with E-state index in [1.807, 2.05) is 32.0 Å². The number of rotatable bonds is 3. The monoisotopic (exact) mass is 189 g/mol. The van der Waals surface area contributed by atoms with Crippen molar-refractivity contribution in [2.24, 2.45) is 5.16 Å².